The van der Waals surface area contributed by atoms with Gasteiger partial charge >= 0.3 is 0 Å². The van der Waals surface area contributed by atoms with Crippen molar-refractivity contribution in [3.63, 3.8) is 0 Å². The van der Waals surface area contributed by atoms with Gasteiger partial charge in [-0.15, -0.1) is 0 Å². The second-order valence-corrected chi connectivity index (χ2v) is 6.35. The highest BCUT2D eigenvalue weighted by Crippen LogP contribution is 2.33. The van der Waals surface area contributed by atoms with Gasteiger partial charge in [0.15, 0.2) is 0 Å². The molecular weight excluding hydrogens is 232 g/mol. The minimum absolute atomic E-state index is 0.258. The van der Waals surface area contributed by atoms with Crippen LogP contribution in [-0.4, -0.2) is 6.61 Å². The summed E-state index contributed by atoms with van der Waals surface area (Å²) >= 11 is 0. The van der Waals surface area contributed by atoms with E-state index in [9.17, 15) is 0 Å². The molecule has 0 atom stereocenters. The van der Waals surface area contributed by atoms with Crippen LogP contribution in [0.25, 0.3) is 10.8 Å². The first-order valence-electron chi connectivity index (χ1n) is 7.15. The molecule has 0 N–H and O–H groups in total. The molecule has 0 aliphatic carbocycles. The summed E-state index contributed by atoms with van der Waals surface area (Å²) in [5.74, 6) is 1.05. The van der Waals surface area contributed by atoms with Crippen LogP contribution in [-0.2, 0) is 6.42 Å². The summed E-state index contributed by atoms with van der Waals surface area (Å²) in [6.45, 7) is 9.76. The highest BCUT2D eigenvalue weighted by Gasteiger charge is 2.17. The lowest BCUT2D eigenvalue weighted by Gasteiger charge is -2.22. The Morgan fingerprint density at radius 2 is 1.74 bits per heavy atom. The third-order valence-corrected chi connectivity index (χ3v) is 3.17. The fourth-order valence-electron chi connectivity index (χ4n) is 2.38. The number of hydrogen-bond donors (Lipinski definition) is 0. The Morgan fingerprint density at radius 3 is 2.42 bits per heavy atom. The van der Waals surface area contributed by atoms with Crippen LogP contribution in [0.4, 0.5) is 0 Å². The van der Waals surface area contributed by atoms with Gasteiger partial charge in [0.1, 0.15) is 5.75 Å². The monoisotopic (exact) mass is 256 g/mol. The van der Waals surface area contributed by atoms with Gasteiger partial charge in [-0.25, -0.2) is 0 Å². The molecule has 0 aliphatic heterocycles. The molecular formula is C18H24O. The third-order valence-electron chi connectivity index (χ3n) is 3.17. The van der Waals surface area contributed by atoms with Crippen molar-refractivity contribution in [2.75, 3.05) is 6.61 Å². The molecule has 0 amide bonds. The van der Waals surface area contributed by atoms with Crippen molar-refractivity contribution in [3.05, 3.63) is 42.0 Å². The van der Waals surface area contributed by atoms with Crippen LogP contribution >= 0.6 is 0 Å². The Labute approximate surface area is 116 Å². The molecule has 0 saturated carbocycles. The van der Waals surface area contributed by atoms with Gasteiger partial charge in [-0.2, -0.15) is 0 Å². The second kappa shape index (κ2) is 5.64. The van der Waals surface area contributed by atoms with E-state index in [1.165, 1.54) is 16.3 Å². The lowest BCUT2D eigenvalue weighted by atomic mass is 9.85. The van der Waals surface area contributed by atoms with Crippen molar-refractivity contribution in [2.24, 2.45) is 5.41 Å². The quantitative estimate of drug-likeness (QED) is 0.729. The Balaban J connectivity index is 2.51. The number of benzene rings is 2. The summed E-state index contributed by atoms with van der Waals surface area (Å²) in [5, 5.41) is 2.62. The molecule has 2 aromatic carbocycles. The predicted octanol–water partition coefficient (Wildman–Crippen LogP) is 5.22. The van der Waals surface area contributed by atoms with Crippen LogP contribution in [0, 0.1) is 5.41 Å². The molecule has 2 aromatic rings. The fourth-order valence-corrected chi connectivity index (χ4v) is 2.38. The van der Waals surface area contributed by atoms with Gasteiger partial charge in [0, 0.05) is 5.56 Å². The summed E-state index contributed by atoms with van der Waals surface area (Å²) in [4.78, 5) is 0. The minimum Gasteiger partial charge on any atom is -0.493 e. The van der Waals surface area contributed by atoms with E-state index < -0.39 is 0 Å². The van der Waals surface area contributed by atoms with Crippen LogP contribution in [0.1, 0.15) is 39.7 Å². The summed E-state index contributed by atoms with van der Waals surface area (Å²) in [7, 11) is 0. The summed E-state index contributed by atoms with van der Waals surface area (Å²) in [6, 6.07) is 12.9. The second-order valence-electron chi connectivity index (χ2n) is 6.35. The fraction of sp³-hybridized carbons (Fsp3) is 0.444. The first-order valence-corrected chi connectivity index (χ1v) is 7.15. The normalized spacial score (nSPS) is 11.8. The van der Waals surface area contributed by atoms with E-state index >= 15 is 0 Å². The van der Waals surface area contributed by atoms with Gasteiger partial charge in [-0.05, 0) is 35.1 Å². The van der Waals surface area contributed by atoms with Crippen LogP contribution in [0.2, 0.25) is 0 Å². The van der Waals surface area contributed by atoms with Crippen molar-refractivity contribution in [3.8, 4) is 5.75 Å². The highest BCUT2D eigenvalue weighted by molar-refractivity contribution is 5.87. The Hall–Kier alpha value is -1.50. The molecule has 0 aliphatic rings. The molecule has 0 unspecified atom stereocenters. The maximum Gasteiger partial charge on any atom is 0.123 e. The molecule has 1 nitrogen and oxygen atoms in total. The zero-order valence-electron chi connectivity index (χ0n) is 12.5. The van der Waals surface area contributed by atoms with Crippen molar-refractivity contribution in [1.82, 2.24) is 0 Å². The first-order chi connectivity index (χ1) is 9.01. The number of rotatable bonds is 4. The smallest absolute Gasteiger partial charge is 0.123 e. The maximum absolute atomic E-state index is 5.94. The van der Waals surface area contributed by atoms with E-state index in [1.807, 2.05) is 0 Å². The molecule has 0 spiro atoms. The van der Waals surface area contributed by atoms with E-state index in [2.05, 4.69) is 64.1 Å². The lowest BCUT2D eigenvalue weighted by molar-refractivity contribution is 0.308. The van der Waals surface area contributed by atoms with E-state index in [0.29, 0.717) is 0 Å². The molecule has 102 valence electrons. The van der Waals surface area contributed by atoms with Gasteiger partial charge in [0.25, 0.3) is 0 Å². The van der Waals surface area contributed by atoms with E-state index in [0.717, 1.165) is 25.2 Å². The van der Waals surface area contributed by atoms with Gasteiger partial charge in [0.05, 0.1) is 6.61 Å². The standard InChI is InChI=1S/C18H24O/c1-5-12-19-17-11-10-14-8-6-7-9-15(14)16(17)13-18(2,3)4/h6-11H,5,12-13H2,1-4H3. The molecule has 0 heterocycles. The van der Waals surface area contributed by atoms with E-state index in [1.54, 1.807) is 0 Å². The zero-order valence-corrected chi connectivity index (χ0v) is 12.5. The van der Waals surface area contributed by atoms with Crippen LogP contribution in [0.5, 0.6) is 5.75 Å². The maximum atomic E-state index is 5.94. The number of ether oxygens (including phenoxy) is 1. The SMILES string of the molecule is CCCOc1ccc2ccccc2c1CC(C)(C)C. The first kappa shape index (κ1) is 13.9. The molecule has 1 heteroatoms. The van der Waals surface area contributed by atoms with Gasteiger partial charge < -0.3 is 4.74 Å². The van der Waals surface area contributed by atoms with E-state index in [4.69, 9.17) is 4.74 Å². The highest BCUT2D eigenvalue weighted by atomic mass is 16.5. The Kier molecular flexibility index (Phi) is 4.14. The Morgan fingerprint density at radius 1 is 1.00 bits per heavy atom. The van der Waals surface area contributed by atoms with Gasteiger partial charge in [-0.3, -0.25) is 0 Å². The third kappa shape index (κ3) is 3.50. The van der Waals surface area contributed by atoms with Crippen molar-refractivity contribution >= 4 is 10.8 Å². The lowest BCUT2D eigenvalue weighted by Crippen LogP contribution is -2.11. The Bertz CT molecular complexity index is 549. The minimum atomic E-state index is 0.258. The largest absolute Gasteiger partial charge is 0.493 e. The van der Waals surface area contributed by atoms with Crippen LogP contribution < -0.4 is 4.74 Å². The van der Waals surface area contributed by atoms with Crippen LogP contribution in [0.15, 0.2) is 36.4 Å². The molecule has 0 radical (unpaired) electrons. The molecule has 0 fully saturated rings. The summed E-state index contributed by atoms with van der Waals surface area (Å²) in [5.41, 5.74) is 1.60. The average Bonchev–Trinajstić information content (AvgIpc) is 2.36. The molecule has 0 saturated heterocycles. The predicted molar refractivity (Wildman–Crippen MR) is 82.9 cm³/mol. The zero-order chi connectivity index (χ0) is 13.9. The number of hydrogen-bond acceptors (Lipinski definition) is 1. The van der Waals surface area contributed by atoms with Crippen molar-refractivity contribution in [1.29, 1.82) is 0 Å². The molecule has 2 rings (SSSR count). The van der Waals surface area contributed by atoms with Crippen molar-refractivity contribution in [2.45, 2.75) is 40.5 Å². The summed E-state index contributed by atoms with van der Waals surface area (Å²) in [6.07, 6.45) is 2.08. The summed E-state index contributed by atoms with van der Waals surface area (Å²) < 4.78 is 5.94. The van der Waals surface area contributed by atoms with Gasteiger partial charge in [-0.1, -0.05) is 58.0 Å². The molecule has 0 aromatic heterocycles. The molecule has 0 bridgehead atoms. The number of fused-ring (bicyclic) bond motifs is 1. The average molecular weight is 256 g/mol. The topological polar surface area (TPSA) is 9.23 Å². The van der Waals surface area contributed by atoms with Gasteiger partial charge in [0.2, 0.25) is 0 Å². The van der Waals surface area contributed by atoms with E-state index in [-0.39, 0.29) is 5.41 Å². The van der Waals surface area contributed by atoms with Crippen LogP contribution in [0.3, 0.4) is 0 Å². The van der Waals surface area contributed by atoms with Crippen molar-refractivity contribution < 1.29 is 4.74 Å². The molecule has 19 heavy (non-hydrogen) atoms.